The maximum absolute atomic E-state index is 12.1. The van der Waals surface area contributed by atoms with Crippen LogP contribution in [0.3, 0.4) is 0 Å². The van der Waals surface area contributed by atoms with Crippen molar-refractivity contribution in [3.63, 3.8) is 0 Å². The van der Waals surface area contributed by atoms with Crippen LogP contribution >= 0.6 is 0 Å². The zero-order valence-corrected chi connectivity index (χ0v) is 11.3. The molecule has 100 valence electrons. The molecule has 5 nitrogen and oxygen atoms in total. The fourth-order valence-corrected chi connectivity index (χ4v) is 1.80. The van der Waals surface area contributed by atoms with Crippen molar-refractivity contribution in [3.8, 4) is 5.88 Å². The zero-order chi connectivity index (χ0) is 13.8. The Bertz CT molecular complexity index is 573. The number of hydrogen-bond donors (Lipinski definition) is 1. The predicted molar refractivity (Wildman–Crippen MR) is 73.5 cm³/mol. The van der Waals surface area contributed by atoms with Crippen LogP contribution < -0.4 is 10.1 Å². The highest BCUT2D eigenvalue weighted by atomic mass is 16.5. The number of methoxy groups -OCH3 is 1. The minimum absolute atomic E-state index is 0.228. The second-order valence-corrected chi connectivity index (χ2v) is 4.23. The van der Waals surface area contributed by atoms with E-state index in [-0.39, 0.29) is 5.91 Å². The Morgan fingerprint density at radius 3 is 2.63 bits per heavy atom. The molecule has 0 aliphatic carbocycles. The van der Waals surface area contributed by atoms with E-state index in [9.17, 15) is 4.79 Å². The van der Waals surface area contributed by atoms with E-state index in [0.717, 1.165) is 12.1 Å². The molecule has 0 aliphatic rings. The number of carbonyl (C=O) groups is 1. The Morgan fingerprint density at radius 2 is 2.05 bits per heavy atom. The third-order valence-electron chi connectivity index (χ3n) is 2.85. The number of rotatable bonds is 4. The van der Waals surface area contributed by atoms with Gasteiger partial charge in [-0.05, 0) is 24.1 Å². The molecule has 0 radical (unpaired) electrons. The summed E-state index contributed by atoms with van der Waals surface area (Å²) in [6.07, 6.45) is 2.61. The molecule has 0 atom stereocenters. The topological polar surface area (TPSA) is 56.2 Å². The summed E-state index contributed by atoms with van der Waals surface area (Å²) in [7, 11) is 3.24. The highest BCUT2D eigenvalue weighted by molar-refractivity contribution is 6.05. The SMILES string of the molecule is CCc1ccc(NC(=O)c2cn(C)nc2OC)cc1. The Hall–Kier alpha value is -2.30. The summed E-state index contributed by atoms with van der Waals surface area (Å²) in [6, 6.07) is 7.77. The van der Waals surface area contributed by atoms with E-state index in [0.29, 0.717) is 11.4 Å². The molecule has 0 saturated heterocycles. The fourth-order valence-electron chi connectivity index (χ4n) is 1.80. The molecule has 0 spiro atoms. The minimum atomic E-state index is -0.228. The van der Waals surface area contributed by atoms with E-state index in [1.54, 1.807) is 17.9 Å². The summed E-state index contributed by atoms with van der Waals surface area (Å²) in [6.45, 7) is 2.09. The zero-order valence-electron chi connectivity index (χ0n) is 11.3. The van der Waals surface area contributed by atoms with Gasteiger partial charge in [-0.25, -0.2) is 0 Å². The number of aryl methyl sites for hydroxylation is 2. The van der Waals surface area contributed by atoms with Crippen molar-refractivity contribution >= 4 is 11.6 Å². The number of amides is 1. The first-order valence-corrected chi connectivity index (χ1v) is 6.12. The lowest BCUT2D eigenvalue weighted by Crippen LogP contribution is -2.12. The molecule has 1 N–H and O–H groups in total. The van der Waals surface area contributed by atoms with Gasteiger partial charge in [-0.2, -0.15) is 0 Å². The lowest BCUT2D eigenvalue weighted by atomic mass is 10.1. The molecule has 0 aliphatic heterocycles. The molecule has 0 bridgehead atoms. The van der Waals surface area contributed by atoms with Gasteiger partial charge in [0.15, 0.2) is 0 Å². The summed E-state index contributed by atoms with van der Waals surface area (Å²) in [5.41, 5.74) is 2.41. The summed E-state index contributed by atoms with van der Waals surface area (Å²) in [4.78, 5) is 12.1. The van der Waals surface area contributed by atoms with E-state index < -0.39 is 0 Å². The number of benzene rings is 1. The molecule has 1 amide bonds. The summed E-state index contributed by atoms with van der Waals surface area (Å²) in [5.74, 6) is 0.0966. The maximum atomic E-state index is 12.1. The smallest absolute Gasteiger partial charge is 0.262 e. The summed E-state index contributed by atoms with van der Waals surface area (Å²) < 4.78 is 6.62. The Labute approximate surface area is 112 Å². The number of carbonyl (C=O) groups excluding carboxylic acids is 1. The Kier molecular flexibility index (Phi) is 3.85. The van der Waals surface area contributed by atoms with E-state index in [1.807, 2.05) is 24.3 Å². The van der Waals surface area contributed by atoms with Gasteiger partial charge in [0.25, 0.3) is 5.91 Å². The van der Waals surface area contributed by atoms with Crippen LogP contribution in [0.4, 0.5) is 5.69 Å². The molecule has 2 rings (SSSR count). The van der Waals surface area contributed by atoms with Crippen molar-refractivity contribution in [2.45, 2.75) is 13.3 Å². The van der Waals surface area contributed by atoms with E-state index in [2.05, 4.69) is 17.3 Å². The highest BCUT2D eigenvalue weighted by Crippen LogP contribution is 2.17. The van der Waals surface area contributed by atoms with Crippen molar-refractivity contribution in [3.05, 3.63) is 41.6 Å². The van der Waals surface area contributed by atoms with Gasteiger partial charge in [-0.1, -0.05) is 19.1 Å². The lowest BCUT2D eigenvalue weighted by Gasteiger charge is -2.05. The van der Waals surface area contributed by atoms with E-state index in [4.69, 9.17) is 4.74 Å². The van der Waals surface area contributed by atoms with Gasteiger partial charge in [0.05, 0.1) is 7.11 Å². The third kappa shape index (κ3) is 2.93. The van der Waals surface area contributed by atoms with Crippen LogP contribution in [0.2, 0.25) is 0 Å². The normalized spacial score (nSPS) is 10.3. The Balaban J connectivity index is 2.15. The van der Waals surface area contributed by atoms with Gasteiger partial charge in [0.2, 0.25) is 5.88 Å². The molecule has 1 aromatic heterocycles. The van der Waals surface area contributed by atoms with Crippen molar-refractivity contribution in [2.75, 3.05) is 12.4 Å². The monoisotopic (exact) mass is 259 g/mol. The number of nitrogens with one attached hydrogen (secondary N) is 1. The van der Waals surface area contributed by atoms with Crippen LogP contribution in [0.5, 0.6) is 5.88 Å². The van der Waals surface area contributed by atoms with Gasteiger partial charge in [-0.15, -0.1) is 5.10 Å². The molecular formula is C14H17N3O2. The van der Waals surface area contributed by atoms with Crippen LogP contribution in [0.15, 0.2) is 30.5 Å². The van der Waals surface area contributed by atoms with Crippen molar-refractivity contribution in [1.82, 2.24) is 9.78 Å². The minimum Gasteiger partial charge on any atom is -0.479 e. The van der Waals surface area contributed by atoms with Crippen LogP contribution in [-0.2, 0) is 13.5 Å². The first-order valence-electron chi connectivity index (χ1n) is 6.12. The average Bonchev–Trinajstić information content (AvgIpc) is 2.81. The van der Waals surface area contributed by atoms with Crippen molar-refractivity contribution in [2.24, 2.45) is 7.05 Å². The fraction of sp³-hybridized carbons (Fsp3) is 0.286. The number of ether oxygens (including phenoxy) is 1. The standard InChI is InChI=1S/C14H17N3O2/c1-4-10-5-7-11(8-6-10)15-13(18)12-9-17(2)16-14(12)19-3/h5-9H,4H2,1-3H3,(H,15,18). The van der Waals surface area contributed by atoms with Crippen LogP contribution in [0.25, 0.3) is 0 Å². The van der Waals surface area contributed by atoms with Crippen molar-refractivity contribution < 1.29 is 9.53 Å². The molecular weight excluding hydrogens is 242 g/mol. The van der Waals surface area contributed by atoms with Gasteiger partial charge in [0, 0.05) is 18.9 Å². The molecule has 5 heteroatoms. The second kappa shape index (κ2) is 5.56. The molecule has 1 heterocycles. The second-order valence-electron chi connectivity index (χ2n) is 4.23. The van der Waals surface area contributed by atoms with Gasteiger partial charge in [-0.3, -0.25) is 9.48 Å². The molecule has 0 saturated carbocycles. The lowest BCUT2D eigenvalue weighted by molar-refractivity contribution is 0.102. The first-order chi connectivity index (χ1) is 9.13. The summed E-state index contributed by atoms with van der Waals surface area (Å²) in [5, 5.41) is 6.88. The number of anilines is 1. The maximum Gasteiger partial charge on any atom is 0.262 e. The molecule has 0 unspecified atom stereocenters. The number of nitrogens with zero attached hydrogens (tertiary/aromatic N) is 2. The number of hydrogen-bond acceptors (Lipinski definition) is 3. The first kappa shape index (κ1) is 13.1. The Morgan fingerprint density at radius 1 is 1.37 bits per heavy atom. The highest BCUT2D eigenvalue weighted by Gasteiger charge is 2.16. The largest absolute Gasteiger partial charge is 0.479 e. The van der Waals surface area contributed by atoms with Crippen LogP contribution in [0.1, 0.15) is 22.8 Å². The quantitative estimate of drug-likeness (QED) is 0.916. The van der Waals surface area contributed by atoms with Gasteiger partial charge in [0.1, 0.15) is 5.56 Å². The third-order valence-corrected chi connectivity index (χ3v) is 2.85. The van der Waals surface area contributed by atoms with Crippen LogP contribution in [0, 0.1) is 0 Å². The van der Waals surface area contributed by atoms with Crippen molar-refractivity contribution in [1.29, 1.82) is 0 Å². The molecule has 1 aromatic carbocycles. The van der Waals surface area contributed by atoms with E-state index in [1.165, 1.54) is 12.7 Å². The van der Waals surface area contributed by atoms with Crippen LogP contribution in [-0.4, -0.2) is 22.8 Å². The summed E-state index contributed by atoms with van der Waals surface area (Å²) >= 11 is 0. The van der Waals surface area contributed by atoms with E-state index >= 15 is 0 Å². The van der Waals surface area contributed by atoms with Gasteiger partial charge < -0.3 is 10.1 Å². The predicted octanol–water partition coefficient (Wildman–Crippen LogP) is 2.24. The molecule has 0 fully saturated rings. The number of aromatic nitrogens is 2. The average molecular weight is 259 g/mol. The molecule has 2 aromatic rings. The van der Waals surface area contributed by atoms with Gasteiger partial charge >= 0.3 is 0 Å². The molecule has 19 heavy (non-hydrogen) atoms.